The number of nitrogens with zero attached hydrogens (tertiary/aromatic N) is 2. The molecule has 1 saturated carbocycles. The van der Waals surface area contributed by atoms with Crippen LogP contribution in [0.2, 0.25) is 0 Å². The van der Waals surface area contributed by atoms with Gasteiger partial charge >= 0.3 is 0 Å². The fourth-order valence-corrected chi connectivity index (χ4v) is 5.30. The van der Waals surface area contributed by atoms with E-state index in [0.29, 0.717) is 0 Å². The molecule has 0 atom stereocenters. The maximum Gasteiger partial charge on any atom is 0.223 e. The van der Waals surface area contributed by atoms with Crippen molar-refractivity contribution in [3.63, 3.8) is 0 Å². The molecule has 0 spiro atoms. The Hall–Kier alpha value is -1.14. The zero-order valence-electron chi connectivity index (χ0n) is 19.0. The molecule has 0 unspecified atom stereocenters. The molecule has 3 rings (SSSR count). The SMILES string of the molecule is O=C(NCCCN1CCCCC1)C1CCC(C(=O)NCCCN2CCCCC2)CC1. The Bertz CT molecular complexity index is 461. The van der Waals surface area contributed by atoms with Gasteiger partial charge in [-0.15, -0.1) is 0 Å². The Labute approximate surface area is 183 Å². The summed E-state index contributed by atoms with van der Waals surface area (Å²) < 4.78 is 0. The minimum atomic E-state index is 0.100. The number of rotatable bonds is 10. The summed E-state index contributed by atoms with van der Waals surface area (Å²) in [7, 11) is 0. The number of piperidine rings is 2. The zero-order chi connectivity index (χ0) is 21.0. The van der Waals surface area contributed by atoms with Crippen LogP contribution in [-0.2, 0) is 9.59 Å². The molecule has 2 aliphatic heterocycles. The van der Waals surface area contributed by atoms with E-state index in [1.54, 1.807) is 0 Å². The highest BCUT2D eigenvalue weighted by molar-refractivity contribution is 5.81. The molecule has 0 aromatic rings. The number of nitrogens with one attached hydrogen (secondary N) is 2. The summed E-state index contributed by atoms with van der Waals surface area (Å²) in [4.78, 5) is 30.0. The van der Waals surface area contributed by atoms with Crippen molar-refractivity contribution >= 4 is 11.8 Å². The Kier molecular flexibility index (Phi) is 10.4. The summed E-state index contributed by atoms with van der Waals surface area (Å²) in [5.41, 5.74) is 0. The van der Waals surface area contributed by atoms with Crippen LogP contribution < -0.4 is 10.6 Å². The molecule has 2 heterocycles. The minimum absolute atomic E-state index is 0.100. The van der Waals surface area contributed by atoms with Crippen molar-refractivity contribution in [1.29, 1.82) is 0 Å². The number of hydrogen-bond donors (Lipinski definition) is 2. The van der Waals surface area contributed by atoms with E-state index in [4.69, 9.17) is 0 Å². The van der Waals surface area contributed by atoms with Crippen LogP contribution in [0, 0.1) is 11.8 Å². The molecule has 1 aliphatic carbocycles. The van der Waals surface area contributed by atoms with Gasteiger partial charge in [0, 0.05) is 24.9 Å². The average molecular weight is 421 g/mol. The largest absolute Gasteiger partial charge is 0.356 e. The van der Waals surface area contributed by atoms with Gasteiger partial charge in [0.15, 0.2) is 0 Å². The number of amides is 2. The molecule has 0 aromatic carbocycles. The van der Waals surface area contributed by atoms with Gasteiger partial charge in [-0.25, -0.2) is 0 Å². The summed E-state index contributed by atoms with van der Waals surface area (Å²) in [6.45, 7) is 8.66. The highest BCUT2D eigenvalue weighted by Crippen LogP contribution is 2.29. The molecule has 6 nitrogen and oxygen atoms in total. The van der Waals surface area contributed by atoms with Crippen LogP contribution in [0.25, 0.3) is 0 Å². The van der Waals surface area contributed by atoms with Crippen molar-refractivity contribution in [3.05, 3.63) is 0 Å². The van der Waals surface area contributed by atoms with E-state index < -0.39 is 0 Å². The van der Waals surface area contributed by atoms with Crippen molar-refractivity contribution < 1.29 is 9.59 Å². The first-order valence-electron chi connectivity index (χ1n) is 12.7. The molecule has 0 radical (unpaired) electrons. The second-order valence-corrected chi connectivity index (χ2v) is 9.64. The third kappa shape index (κ3) is 8.18. The Morgan fingerprint density at radius 3 is 1.33 bits per heavy atom. The summed E-state index contributed by atoms with van der Waals surface area (Å²) in [6, 6.07) is 0. The first-order valence-corrected chi connectivity index (χ1v) is 12.7. The van der Waals surface area contributed by atoms with Crippen LogP contribution in [-0.4, -0.2) is 74.0 Å². The smallest absolute Gasteiger partial charge is 0.223 e. The van der Waals surface area contributed by atoms with E-state index in [-0.39, 0.29) is 23.7 Å². The number of likely N-dealkylation sites (tertiary alicyclic amines) is 2. The van der Waals surface area contributed by atoms with Gasteiger partial charge in [-0.1, -0.05) is 12.8 Å². The summed E-state index contributed by atoms with van der Waals surface area (Å²) in [5.74, 6) is 0.606. The van der Waals surface area contributed by atoms with E-state index in [1.807, 2.05) is 0 Å². The fraction of sp³-hybridized carbons (Fsp3) is 0.917. The molecule has 6 heteroatoms. The van der Waals surface area contributed by atoms with Crippen molar-refractivity contribution in [2.45, 2.75) is 77.0 Å². The van der Waals surface area contributed by atoms with E-state index in [2.05, 4.69) is 20.4 Å². The van der Waals surface area contributed by atoms with Crippen molar-refractivity contribution in [3.8, 4) is 0 Å². The lowest BCUT2D eigenvalue weighted by Gasteiger charge is -2.28. The van der Waals surface area contributed by atoms with Gasteiger partial charge in [0.2, 0.25) is 11.8 Å². The van der Waals surface area contributed by atoms with E-state index >= 15 is 0 Å². The summed E-state index contributed by atoms with van der Waals surface area (Å²) in [5, 5.41) is 6.28. The lowest BCUT2D eigenvalue weighted by Crippen LogP contribution is -2.39. The van der Waals surface area contributed by atoms with Crippen LogP contribution >= 0.6 is 0 Å². The second kappa shape index (κ2) is 13.3. The lowest BCUT2D eigenvalue weighted by molar-refractivity contribution is -0.130. The molecule has 2 saturated heterocycles. The van der Waals surface area contributed by atoms with Gasteiger partial charge in [0.05, 0.1) is 0 Å². The zero-order valence-corrected chi connectivity index (χ0v) is 19.0. The molecule has 30 heavy (non-hydrogen) atoms. The van der Waals surface area contributed by atoms with Crippen LogP contribution in [0.1, 0.15) is 77.0 Å². The van der Waals surface area contributed by atoms with E-state index in [0.717, 1.165) is 64.7 Å². The predicted octanol–water partition coefficient (Wildman–Crippen LogP) is 2.78. The Balaban J connectivity index is 1.21. The minimum Gasteiger partial charge on any atom is -0.356 e. The average Bonchev–Trinajstić information content (AvgIpc) is 2.81. The maximum atomic E-state index is 12.5. The molecule has 0 aromatic heterocycles. The van der Waals surface area contributed by atoms with Crippen LogP contribution in [0.4, 0.5) is 0 Å². The number of carbonyl (C=O) groups is 2. The van der Waals surface area contributed by atoms with E-state index in [1.165, 1.54) is 64.7 Å². The summed E-state index contributed by atoms with van der Waals surface area (Å²) >= 11 is 0. The topological polar surface area (TPSA) is 64.7 Å². The van der Waals surface area contributed by atoms with Crippen molar-refractivity contribution in [1.82, 2.24) is 20.4 Å². The van der Waals surface area contributed by atoms with Gasteiger partial charge in [0.1, 0.15) is 0 Å². The molecule has 2 amide bonds. The first-order chi connectivity index (χ1) is 14.7. The fourth-order valence-electron chi connectivity index (χ4n) is 5.30. The monoisotopic (exact) mass is 420 g/mol. The molecule has 172 valence electrons. The number of carbonyl (C=O) groups excluding carboxylic acids is 2. The maximum absolute atomic E-state index is 12.5. The van der Waals surface area contributed by atoms with Crippen molar-refractivity contribution in [2.24, 2.45) is 11.8 Å². The predicted molar refractivity (Wildman–Crippen MR) is 121 cm³/mol. The number of hydrogen-bond acceptors (Lipinski definition) is 4. The van der Waals surface area contributed by atoms with Crippen LogP contribution in [0.3, 0.4) is 0 Å². The first kappa shape index (κ1) is 23.5. The molecule has 2 N–H and O–H groups in total. The second-order valence-electron chi connectivity index (χ2n) is 9.64. The highest BCUT2D eigenvalue weighted by atomic mass is 16.2. The quantitative estimate of drug-likeness (QED) is 0.534. The molecular weight excluding hydrogens is 376 g/mol. The van der Waals surface area contributed by atoms with E-state index in [9.17, 15) is 9.59 Å². The Morgan fingerprint density at radius 2 is 0.967 bits per heavy atom. The van der Waals surface area contributed by atoms with Gasteiger partial charge in [-0.2, -0.15) is 0 Å². The van der Waals surface area contributed by atoms with Gasteiger partial charge < -0.3 is 20.4 Å². The highest BCUT2D eigenvalue weighted by Gasteiger charge is 2.29. The van der Waals surface area contributed by atoms with Gasteiger partial charge in [0.25, 0.3) is 0 Å². The van der Waals surface area contributed by atoms with Crippen molar-refractivity contribution in [2.75, 3.05) is 52.4 Å². The molecule has 3 aliphatic rings. The third-order valence-corrected chi connectivity index (χ3v) is 7.27. The van der Waals surface area contributed by atoms with Crippen LogP contribution in [0.5, 0.6) is 0 Å². The Morgan fingerprint density at radius 1 is 0.600 bits per heavy atom. The third-order valence-electron chi connectivity index (χ3n) is 7.27. The molecular formula is C24H44N4O2. The molecule has 0 bridgehead atoms. The van der Waals surface area contributed by atoms with Gasteiger partial charge in [-0.05, 0) is 103 Å². The lowest BCUT2D eigenvalue weighted by atomic mass is 9.81. The summed E-state index contributed by atoms with van der Waals surface area (Å²) in [6.07, 6.45) is 13.5. The normalized spacial score (nSPS) is 26.3. The van der Waals surface area contributed by atoms with Crippen LogP contribution in [0.15, 0.2) is 0 Å². The standard InChI is InChI=1S/C24H44N4O2/c29-23(25-13-7-19-27-15-3-1-4-16-27)21-9-11-22(12-10-21)24(30)26-14-8-20-28-17-5-2-6-18-28/h21-22H,1-20H2,(H,25,29)(H,26,30). The van der Waals surface area contributed by atoms with Gasteiger partial charge in [-0.3, -0.25) is 9.59 Å². The molecule has 3 fully saturated rings.